The molecule has 1 amide bonds. The van der Waals surface area contributed by atoms with Gasteiger partial charge in [0.15, 0.2) is 0 Å². The second-order valence-corrected chi connectivity index (χ2v) is 5.24. The highest BCUT2D eigenvalue weighted by atomic mass is 16.2. The topological polar surface area (TPSA) is 38.1 Å². The number of nitrogens with zero attached hydrogens (tertiary/aromatic N) is 3. The predicted molar refractivity (Wildman–Crippen MR) is 80.0 cm³/mol. The summed E-state index contributed by atoms with van der Waals surface area (Å²) in [5.74, 6) is 0.565. The molecule has 0 aliphatic heterocycles. The molecule has 1 heterocycles. The lowest BCUT2D eigenvalue weighted by atomic mass is 10.1. The quantitative estimate of drug-likeness (QED) is 0.838. The summed E-state index contributed by atoms with van der Waals surface area (Å²) in [5.41, 5.74) is 1.68. The largest absolute Gasteiger partial charge is 0.339 e. The Morgan fingerprint density at radius 2 is 2.00 bits per heavy atom. The van der Waals surface area contributed by atoms with E-state index in [9.17, 15) is 4.79 Å². The Morgan fingerprint density at radius 3 is 2.50 bits per heavy atom. The van der Waals surface area contributed by atoms with Crippen LogP contribution < -0.4 is 0 Å². The van der Waals surface area contributed by atoms with Crippen molar-refractivity contribution in [3.8, 4) is 5.69 Å². The standard InChI is InChI=1S/C16H21N3O/c1-4-18(12-13(2)3)16(20)14-6-8-15(9-7-14)19-11-5-10-17-19/h5-11,13H,4,12H2,1-3H3. The molecule has 0 radical (unpaired) electrons. The second kappa shape index (κ2) is 6.37. The predicted octanol–water partition coefficient (Wildman–Crippen LogP) is 2.99. The lowest BCUT2D eigenvalue weighted by Crippen LogP contribution is -2.33. The summed E-state index contributed by atoms with van der Waals surface area (Å²) in [6.07, 6.45) is 3.62. The molecule has 4 nitrogen and oxygen atoms in total. The van der Waals surface area contributed by atoms with Crippen molar-refractivity contribution in [2.75, 3.05) is 13.1 Å². The van der Waals surface area contributed by atoms with Gasteiger partial charge >= 0.3 is 0 Å². The van der Waals surface area contributed by atoms with Crippen molar-refractivity contribution in [1.29, 1.82) is 0 Å². The number of amides is 1. The van der Waals surface area contributed by atoms with Crippen LogP contribution in [-0.4, -0.2) is 33.7 Å². The van der Waals surface area contributed by atoms with E-state index >= 15 is 0 Å². The minimum atomic E-state index is 0.0909. The van der Waals surface area contributed by atoms with Crippen LogP contribution in [0.15, 0.2) is 42.7 Å². The van der Waals surface area contributed by atoms with Gasteiger partial charge in [0.05, 0.1) is 5.69 Å². The summed E-state index contributed by atoms with van der Waals surface area (Å²) in [6, 6.07) is 9.44. The van der Waals surface area contributed by atoms with Crippen molar-refractivity contribution in [3.63, 3.8) is 0 Å². The van der Waals surface area contributed by atoms with Gasteiger partial charge in [-0.3, -0.25) is 4.79 Å². The highest BCUT2D eigenvalue weighted by Crippen LogP contribution is 2.12. The lowest BCUT2D eigenvalue weighted by molar-refractivity contribution is 0.0746. The van der Waals surface area contributed by atoms with Crippen LogP contribution >= 0.6 is 0 Å². The Labute approximate surface area is 120 Å². The van der Waals surface area contributed by atoms with Gasteiger partial charge < -0.3 is 4.90 Å². The normalized spacial score (nSPS) is 10.8. The average Bonchev–Trinajstić information content (AvgIpc) is 2.98. The van der Waals surface area contributed by atoms with E-state index in [1.807, 2.05) is 48.4 Å². The third-order valence-electron chi connectivity index (χ3n) is 3.14. The monoisotopic (exact) mass is 271 g/mol. The first-order valence-corrected chi connectivity index (χ1v) is 7.01. The molecule has 0 atom stereocenters. The van der Waals surface area contributed by atoms with Gasteiger partial charge in [-0.05, 0) is 43.2 Å². The molecule has 4 heteroatoms. The molecule has 0 spiro atoms. The molecule has 0 saturated heterocycles. The molecule has 0 unspecified atom stereocenters. The minimum Gasteiger partial charge on any atom is -0.339 e. The Balaban J connectivity index is 2.14. The first kappa shape index (κ1) is 14.3. The lowest BCUT2D eigenvalue weighted by Gasteiger charge is -2.23. The van der Waals surface area contributed by atoms with Crippen LogP contribution in [0, 0.1) is 5.92 Å². The number of aromatic nitrogens is 2. The molecule has 0 N–H and O–H groups in total. The van der Waals surface area contributed by atoms with Gasteiger partial charge in [-0.2, -0.15) is 5.10 Å². The van der Waals surface area contributed by atoms with Crippen molar-refractivity contribution >= 4 is 5.91 Å². The van der Waals surface area contributed by atoms with E-state index in [2.05, 4.69) is 18.9 Å². The zero-order chi connectivity index (χ0) is 14.5. The first-order chi connectivity index (χ1) is 9.61. The zero-order valence-corrected chi connectivity index (χ0v) is 12.3. The third kappa shape index (κ3) is 3.26. The number of hydrogen-bond donors (Lipinski definition) is 0. The molecule has 20 heavy (non-hydrogen) atoms. The molecule has 0 aliphatic carbocycles. The van der Waals surface area contributed by atoms with Crippen LogP contribution in [0.1, 0.15) is 31.1 Å². The summed E-state index contributed by atoms with van der Waals surface area (Å²) in [7, 11) is 0. The van der Waals surface area contributed by atoms with E-state index in [4.69, 9.17) is 0 Å². The van der Waals surface area contributed by atoms with Gasteiger partial charge in [0.2, 0.25) is 0 Å². The van der Waals surface area contributed by atoms with E-state index in [-0.39, 0.29) is 5.91 Å². The Morgan fingerprint density at radius 1 is 1.30 bits per heavy atom. The molecule has 2 rings (SSSR count). The molecule has 0 saturated carbocycles. The highest BCUT2D eigenvalue weighted by Gasteiger charge is 2.15. The number of rotatable bonds is 5. The van der Waals surface area contributed by atoms with Crippen LogP contribution in [0.4, 0.5) is 0 Å². The zero-order valence-electron chi connectivity index (χ0n) is 12.3. The SMILES string of the molecule is CCN(CC(C)C)C(=O)c1ccc(-n2cccn2)cc1. The summed E-state index contributed by atoms with van der Waals surface area (Å²) in [6.45, 7) is 7.78. The highest BCUT2D eigenvalue weighted by molar-refractivity contribution is 5.94. The first-order valence-electron chi connectivity index (χ1n) is 7.01. The van der Waals surface area contributed by atoms with Crippen LogP contribution in [0.25, 0.3) is 5.69 Å². The number of benzene rings is 1. The van der Waals surface area contributed by atoms with E-state index in [1.165, 1.54) is 0 Å². The van der Waals surface area contributed by atoms with Crippen molar-refractivity contribution in [3.05, 3.63) is 48.3 Å². The average molecular weight is 271 g/mol. The van der Waals surface area contributed by atoms with Crippen molar-refractivity contribution in [2.24, 2.45) is 5.92 Å². The van der Waals surface area contributed by atoms with E-state index < -0.39 is 0 Å². The molecule has 1 aromatic heterocycles. The van der Waals surface area contributed by atoms with Crippen LogP contribution in [0.5, 0.6) is 0 Å². The molecule has 0 aliphatic rings. The maximum Gasteiger partial charge on any atom is 0.253 e. The molecule has 0 bridgehead atoms. The molecular formula is C16H21N3O. The fraction of sp³-hybridized carbons (Fsp3) is 0.375. The van der Waals surface area contributed by atoms with Gasteiger partial charge in [0, 0.05) is 31.0 Å². The third-order valence-corrected chi connectivity index (χ3v) is 3.14. The molecule has 2 aromatic rings. The number of hydrogen-bond acceptors (Lipinski definition) is 2. The van der Waals surface area contributed by atoms with Crippen molar-refractivity contribution < 1.29 is 4.79 Å². The molecule has 0 fully saturated rings. The van der Waals surface area contributed by atoms with Gasteiger partial charge in [0.1, 0.15) is 0 Å². The Kier molecular flexibility index (Phi) is 4.56. The van der Waals surface area contributed by atoms with Gasteiger partial charge in [-0.1, -0.05) is 13.8 Å². The number of carbonyl (C=O) groups excluding carboxylic acids is 1. The Hall–Kier alpha value is -2.10. The van der Waals surface area contributed by atoms with Crippen molar-refractivity contribution in [2.45, 2.75) is 20.8 Å². The van der Waals surface area contributed by atoms with E-state index in [1.54, 1.807) is 10.9 Å². The smallest absolute Gasteiger partial charge is 0.253 e. The van der Waals surface area contributed by atoms with Crippen LogP contribution in [-0.2, 0) is 0 Å². The summed E-state index contributed by atoms with van der Waals surface area (Å²) >= 11 is 0. The van der Waals surface area contributed by atoms with Gasteiger partial charge in [0.25, 0.3) is 5.91 Å². The molecular weight excluding hydrogens is 250 g/mol. The van der Waals surface area contributed by atoms with E-state index in [0.29, 0.717) is 5.92 Å². The van der Waals surface area contributed by atoms with Crippen LogP contribution in [0.2, 0.25) is 0 Å². The number of carbonyl (C=O) groups is 1. The summed E-state index contributed by atoms with van der Waals surface area (Å²) < 4.78 is 1.78. The molecule has 1 aromatic carbocycles. The summed E-state index contributed by atoms with van der Waals surface area (Å²) in [4.78, 5) is 14.3. The fourth-order valence-corrected chi connectivity index (χ4v) is 2.16. The fourth-order valence-electron chi connectivity index (χ4n) is 2.16. The van der Waals surface area contributed by atoms with Crippen molar-refractivity contribution in [1.82, 2.24) is 14.7 Å². The maximum absolute atomic E-state index is 12.4. The van der Waals surface area contributed by atoms with Crippen LogP contribution in [0.3, 0.4) is 0 Å². The second-order valence-electron chi connectivity index (χ2n) is 5.24. The Bertz CT molecular complexity index is 544. The van der Waals surface area contributed by atoms with Gasteiger partial charge in [-0.25, -0.2) is 4.68 Å². The molecule has 106 valence electrons. The maximum atomic E-state index is 12.4. The van der Waals surface area contributed by atoms with Gasteiger partial charge in [-0.15, -0.1) is 0 Å². The summed E-state index contributed by atoms with van der Waals surface area (Å²) in [5, 5.41) is 4.17. The van der Waals surface area contributed by atoms with E-state index in [0.717, 1.165) is 24.3 Å². The minimum absolute atomic E-state index is 0.0909.